The fraction of sp³-hybridized carbons (Fsp3) is 0.353. The number of aromatic nitrogens is 6. The Balaban J connectivity index is 1.44. The second-order valence-electron chi connectivity index (χ2n) is 6.55. The van der Waals surface area contributed by atoms with Gasteiger partial charge in [0.1, 0.15) is 0 Å². The third kappa shape index (κ3) is 3.46. The minimum atomic E-state index is 0.0177. The number of benzene rings is 1. The lowest BCUT2D eigenvalue weighted by Gasteiger charge is -2.29. The molecule has 0 radical (unpaired) electrons. The summed E-state index contributed by atoms with van der Waals surface area (Å²) >= 11 is 0. The van der Waals surface area contributed by atoms with Crippen LogP contribution in [0.1, 0.15) is 11.4 Å². The van der Waals surface area contributed by atoms with E-state index >= 15 is 0 Å². The first-order chi connectivity index (χ1) is 13.1. The van der Waals surface area contributed by atoms with Gasteiger partial charge >= 0.3 is 6.03 Å². The number of hydrogen-bond donors (Lipinski definition) is 1. The summed E-state index contributed by atoms with van der Waals surface area (Å²) in [5, 5.41) is 19.7. The summed E-state index contributed by atoms with van der Waals surface area (Å²) in [4.78, 5) is 15.6. The topological polar surface area (TPSA) is 97.0 Å². The maximum absolute atomic E-state index is 12.2. The monoisotopic (exact) mass is 367 g/mol. The summed E-state index contributed by atoms with van der Waals surface area (Å²) in [6, 6.07) is 11.7. The molecule has 10 heteroatoms. The van der Waals surface area contributed by atoms with Crippen LogP contribution in [0.4, 0.5) is 10.7 Å². The third-order valence-corrected chi connectivity index (χ3v) is 4.40. The van der Waals surface area contributed by atoms with Crippen molar-refractivity contribution in [2.45, 2.75) is 19.6 Å². The molecular weight excluding hydrogens is 346 g/mol. The predicted octanol–water partition coefficient (Wildman–Crippen LogP) is 0.968. The third-order valence-electron chi connectivity index (χ3n) is 4.40. The summed E-state index contributed by atoms with van der Waals surface area (Å²) < 4.78 is 3.60. The maximum atomic E-state index is 12.2. The minimum Gasteiger partial charge on any atom is -0.347 e. The standard InChI is InChI=1S/C17H21N9O/c1-23(2)17(27)24-8-9-25-15(12-24)10-13(20-25)11-18-16-19-21-22-26(16)14-6-4-3-5-7-14/h3-7,10H,8-9,11-12H2,1-2H3,(H,18,19,22). The molecule has 140 valence electrons. The summed E-state index contributed by atoms with van der Waals surface area (Å²) in [6.07, 6.45) is 0. The van der Waals surface area contributed by atoms with Crippen LogP contribution in [-0.2, 0) is 19.6 Å². The van der Waals surface area contributed by atoms with Gasteiger partial charge in [-0.05, 0) is 28.6 Å². The van der Waals surface area contributed by atoms with Gasteiger partial charge in [-0.2, -0.15) is 9.78 Å². The Morgan fingerprint density at radius 1 is 1.22 bits per heavy atom. The summed E-state index contributed by atoms with van der Waals surface area (Å²) in [5.74, 6) is 0.552. The molecule has 0 fully saturated rings. The van der Waals surface area contributed by atoms with E-state index in [0.717, 1.165) is 17.1 Å². The van der Waals surface area contributed by atoms with E-state index in [1.54, 1.807) is 23.7 Å². The average molecular weight is 367 g/mol. The molecule has 1 N–H and O–H groups in total. The zero-order valence-corrected chi connectivity index (χ0v) is 15.3. The number of hydrogen-bond acceptors (Lipinski definition) is 6. The fourth-order valence-electron chi connectivity index (χ4n) is 3.07. The molecule has 0 unspecified atom stereocenters. The van der Waals surface area contributed by atoms with Crippen molar-refractivity contribution < 1.29 is 4.79 Å². The number of nitrogens with zero attached hydrogens (tertiary/aromatic N) is 8. The van der Waals surface area contributed by atoms with E-state index < -0.39 is 0 Å². The van der Waals surface area contributed by atoms with Crippen molar-refractivity contribution >= 4 is 12.0 Å². The van der Waals surface area contributed by atoms with Crippen molar-refractivity contribution in [1.29, 1.82) is 0 Å². The van der Waals surface area contributed by atoms with Crippen molar-refractivity contribution in [1.82, 2.24) is 39.8 Å². The van der Waals surface area contributed by atoms with Crippen molar-refractivity contribution in [3.05, 3.63) is 47.8 Å². The molecule has 0 spiro atoms. The number of carbonyl (C=O) groups is 1. The van der Waals surface area contributed by atoms with Crippen LogP contribution in [0.5, 0.6) is 0 Å². The first-order valence-corrected chi connectivity index (χ1v) is 8.71. The van der Waals surface area contributed by atoms with Gasteiger partial charge in [-0.25, -0.2) is 4.79 Å². The maximum Gasteiger partial charge on any atom is 0.319 e. The summed E-state index contributed by atoms with van der Waals surface area (Å²) in [7, 11) is 3.53. The number of amides is 2. The molecule has 0 saturated carbocycles. The zero-order valence-electron chi connectivity index (χ0n) is 15.3. The van der Waals surface area contributed by atoms with Gasteiger partial charge < -0.3 is 15.1 Å². The van der Waals surface area contributed by atoms with Crippen molar-refractivity contribution in [2.75, 3.05) is 26.0 Å². The lowest BCUT2D eigenvalue weighted by molar-refractivity contribution is 0.155. The van der Waals surface area contributed by atoms with Gasteiger partial charge in [-0.15, -0.1) is 0 Å². The summed E-state index contributed by atoms with van der Waals surface area (Å²) in [6.45, 7) is 2.40. The Labute approximate surface area is 156 Å². The van der Waals surface area contributed by atoms with E-state index in [1.807, 2.05) is 46.0 Å². The highest BCUT2D eigenvalue weighted by atomic mass is 16.2. The first-order valence-electron chi connectivity index (χ1n) is 8.71. The van der Waals surface area contributed by atoms with E-state index in [2.05, 4.69) is 25.9 Å². The molecule has 3 heterocycles. The molecule has 2 amide bonds. The van der Waals surface area contributed by atoms with Gasteiger partial charge in [-0.1, -0.05) is 23.3 Å². The van der Waals surface area contributed by atoms with Gasteiger partial charge in [0.2, 0.25) is 5.95 Å². The Kier molecular flexibility index (Phi) is 4.45. The highest BCUT2D eigenvalue weighted by molar-refractivity contribution is 5.73. The molecule has 0 atom stereocenters. The van der Waals surface area contributed by atoms with E-state index in [-0.39, 0.29) is 6.03 Å². The fourth-order valence-corrected chi connectivity index (χ4v) is 3.07. The molecule has 1 aromatic carbocycles. The van der Waals surface area contributed by atoms with Gasteiger partial charge in [0.25, 0.3) is 0 Å². The van der Waals surface area contributed by atoms with Crippen LogP contribution in [-0.4, -0.2) is 66.5 Å². The SMILES string of the molecule is CN(C)C(=O)N1CCn2nc(CNc3nnnn3-c3ccccc3)cc2C1. The number of tetrazole rings is 1. The largest absolute Gasteiger partial charge is 0.347 e. The highest BCUT2D eigenvalue weighted by Gasteiger charge is 2.23. The number of rotatable bonds is 4. The van der Waals surface area contributed by atoms with Gasteiger partial charge in [0.05, 0.1) is 36.7 Å². The van der Waals surface area contributed by atoms with Crippen LogP contribution >= 0.6 is 0 Å². The molecule has 1 aliphatic rings. The number of nitrogens with one attached hydrogen (secondary N) is 1. The summed E-state index contributed by atoms with van der Waals surface area (Å²) in [5.41, 5.74) is 2.79. The van der Waals surface area contributed by atoms with Crippen LogP contribution in [0, 0.1) is 0 Å². The van der Waals surface area contributed by atoms with Gasteiger partial charge in [0, 0.05) is 20.6 Å². The number of carbonyl (C=O) groups excluding carboxylic acids is 1. The van der Waals surface area contributed by atoms with Crippen LogP contribution in [0.2, 0.25) is 0 Å². The first kappa shape index (κ1) is 17.0. The number of para-hydroxylation sites is 1. The Morgan fingerprint density at radius 2 is 2.04 bits per heavy atom. The Bertz CT molecular complexity index is 931. The van der Waals surface area contributed by atoms with Crippen LogP contribution < -0.4 is 5.32 Å². The number of anilines is 1. The Morgan fingerprint density at radius 3 is 2.81 bits per heavy atom. The van der Waals surface area contributed by atoms with Gasteiger partial charge in [-0.3, -0.25) is 4.68 Å². The predicted molar refractivity (Wildman–Crippen MR) is 98.2 cm³/mol. The minimum absolute atomic E-state index is 0.0177. The average Bonchev–Trinajstić information content (AvgIpc) is 3.32. The normalized spacial score (nSPS) is 13.3. The molecule has 3 aromatic rings. The molecule has 2 aromatic heterocycles. The smallest absolute Gasteiger partial charge is 0.319 e. The second kappa shape index (κ2) is 7.06. The van der Waals surface area contributed by atoms with E-state index in [9.17, 15) is 4.79 Å². The van der Waals surface area contributed by atoms with Gasteiger partial charge in [0.15, 0.2) is 0 Å². The van der Waals surface area contributed by atoms with Crippen LogP contribution in [0.3, 0.4) is 0 Å². The molecule has 10 nitrogen and oxygen atoms in total. The van der Waals surface area contributed by atoms with E-state index in [4.69, 9.17) is 0 Å². The number of fused-ring (bicyclic) bond motifs is 1. The van der Waals surface area contributed by atoms with Crippen molar-refractivity contribution in [3.63, 3.8) is 0 Å². The molecule has 0 saturated heterocycles. The molecule has 0 bridgehead atoms. The lowest BCUT2D eigenvalue weighted by Crippen LogP contribution is -2.43. The van der Waals surface area contributed by atoms with Crippen LogP contribution in [0.15, 0.2) is 36.4 Å². The molecular formula is C17H21N9O. The van der Waals surface area contributed by atoms with E-state index in [0.29, 0.717) is 32.1 Å². The van der Waals surface area contributed by atoms with Crippen molar-refractivity contribution in [2.24, 2.45) is 0 Å². The highest BCUT2D eigenvalue weighted by Crippen LogP contribution is 2.16. The molecule has 1 aliphatic heterocycles. The Hall–Kier alpha value is -3.43. The molecule has 4 rings (SSSR count). The molecule has 27 heavy (non-hydrogen) atoms. The van der Waals surface area contributed by atoms with E-state index in [1.165, 1.54) is 0 Å². The van der Waals surface area contributed by atoms with Crippen LogP contribution in [0.25, 0.3) is 5.69 Å². The number of urea groups is 1. The zero-order chi connectivity index (χ0) is 18.8. The van der Waals surface area contributed by atoms with Crippen molar-refractivity contribution in [3.8, 4) is 5.69 Å². The quantitative estimate of drug-likeness (QED) is 0.738. The molecule has 0 aliphatic carbocycles. The second-order valence-corrected chi connectivity index (χ2v) is 6.55. The lowest BCUT2D eigenvalue weighted by atomic mass is 10.3.